The third kappa shape index (κ3) is 5.87. The van der Waals surface area contributed by atoms with Crippen molar-refractivity contribution in [2.45, 2.75) is 25.4 Å². The minimum atomic E-state index is -1.44. The Morgan fingerprint density at radius 2 is 2.11 bits per heavy atom. The number of carboxylic acid groups (broad SMARTS) is 1. The first-order valence-electron chi connectivity index (χ1n) is 6.01. The molecular formula is C13H18N2O4. The SMILES string of the molecule is Nc1cccc(CCC(=O)NCC[C@H](O)C(=O)O)c1. The molecule has 0 aliphatic heterocycles. The number of benzene rings is 1. The first-order chi connectivity index (χ1) is 8.99. The van der Waals surface area contributed by atoms with Gasteiger partial charge in [0.15, 0.2) is 6.10 Å². The average molecular weight is 266 g/mol. The molecule has 0 bridgehead atoms. The molecule has 0 aromatic heterocycles. The highest BCUT2D eigenvalue weighted by Gasteiger charge is 2.12. The summed E-state index contributed by atoms with van der Waals surface area (Å²) in [5.41, 5.74) is 7.25. The molecule has 1 aromatic carbocycles. The highest BCUT2D eigenvalue weighted by atomic mass is 16.4. The van der Waals surface area contributed by atoms with E-state index >= 15 is 0 Å². The Morgan fingerprint density at radius 1 is 1.37 bits per heavy atom. The normalized spacial score (nSPS) is 11.8. The number of carbonyl (C=O) groups excluding carboxylic acids is 1. The number of carboxylic acids is 1. The number of nitrogens with two attached hydrogens (primary N) is 1. The van der Waals surface area contributed by atoms with E-state index in [0.29, 0.717) is 18.5 Å². The fraction of sp³-hybridized carbons (Fsp3) is 0.385. The van der Waals surface area contributed by atoms with Crippen LogP contribution >= 0.6 is 0 Å². The maximum atomic E-state index is 11.5. The summed E-state index contributed by atoms with van der Waals surface area (Å²) in [6.07, 6.45) is -0.570. The molecule has 0 radical (unpaired) electrons. The molecule has 0 aliphatic carbocycles. The number of amides is 1. The van der Waals surface area contributed by atoms with Crippen LogP contribution in [0, 0.1) is 0 Å². The molecule has 1 rings (SSSR count). The van der Waals surface area contributed by atoms with Gasteiger partial charge < -0.3 is 21.3 Å². The molecule has 19 heavy (non-hydrogen) atoms. The Labute approximate surface area is 111 Å². The van der Waals surface area contributed by atoms with Crippen LogP contribution in [0.3, 0.4) is 0 Å². The van der Waals surface area contributed by atoms with Gasteiger partial charge in [-0.1, -0.05) is 12.1 Å². The molecule has 0 aliphatic rings. The van der Waals surface area contributed by atoms with E-state index in [1.54, 1.807) is 6.07 Å². The van der Waals surface area contributed by atoms with Gasteiger partial charge in [0.1, 0.15) is 0 Å². The standard InChI is InChI=1S/C13H18N2O4/c14-10-3-1-2-9(8-10)4-5-12(17)15-7-6-11(16)13(18)19/h1-3,8,11,16H,4-7,14H2,(H,15,17)(H,18,19)/t11-/m0/s1. The van der Waals surface area contributed by atoms with Crippen molar-refractivity contribution in [3.63, 3.8) is 0 Å². The molecule has 0 saturated heterocycles. The van der Waals surface area contributed by atoms with E-state index in [2.05, 4.69) is 5.32 Å². The van der Waals surface area contributed by atoms with Gasteiger partial charge in [0, 0.05) is 25.1 Å². The van der Waals surface area contributed by atoms with Crippen molar-refractivity contribution in [3.05, 3.63) is 29.8 Å². The largest absolute Gasteiger partial charge is 0.479 e. The van der Waals surface area contributed by atoms with E-state index in [4.69, 9.17) is 15.9 Å². The fourth-order valence-corrected chi connectivity index (χ4v) is 1.57. The van der Waals surface area contributed by atoms with Crippen LogP contribution in [-0.4, -0.2) is 34.7 Å². The Bertz CT molecular complexity index is 448. The lowest BCUT2D eigenvalue weighted by molar-refractivity contribution is -0.147. The molecule has 0 unspecified atom stereocenters. The predicted molar refractivity (Wildman–Crippen MR) is 70.4 cm³/mol. The zero-order chi connectivity index (χ0) is 14.3. The second-order valence-electron chi connectivity index (χ2n) is 4.24. The van der Waals surface area contributed by atoms with Gasteiger partial charge in [-0.15, -0.1) is 0 Å². The van der Waals surface area contributed by atoms with Crippen LogP contribution in [0.5, 0.6) is 0 Å². The van der Waals surface area contributed by atoms with Crippen molar-refractivity contribution in [1.82, 2.24) is 5.32 Å². The number of aliphatic hydroxyl groups is 1. The van der Waals surface area contributed by atoms with Gasteiger partial charge in [-0.2, -0.15) is 0 Å². The number of carbonyl (C=O) groups is 2. The zero-order valence-corrected chi connectivity index (χ0v) is 10.5. The number of hydrogen-bond acceptors (Lipinski definition) is 4. The minimum absolute atomic E-state index is 0.000636. The average Bonchev–Trinajstić information content (AvgIpc) is 2.36. The van der Waals surface area contributed by atoms with Crippen molar-refractivity contribution >= 4 is 17.6 Å². The number of nitrogen functional groups attached to an aromatic ring is 1. The van der Waals surface area contributed by atoms with E-state index in [1.807, 2.05) is 18.2 Å². The van der Waals surface area contributed by atoms with Gasteiger partial charge in [0.05, 0.1) is 0 Å². The van der Waals surface area contributed by atoms with Crippen molar-refractivity contribution in [2.75, 3.05) is 12.3 Å². The summed E-state index contributed by atoms with van der Waals surface area (Å²) < 4.78 is 0. The number of aryl methyl sites for hydroxylation is 1. The number of aliphatic hydroxyl groups excluding tert-OH is 1. The van der Waals surface area contributed by atoms with Crippen molar-refractivity contribution in [1.29, 1.82) is 0 Å². The number of rotatable bonds is 7. The van der Waals surface area contributed by atoms with E-state index in [1.165, 1.54) is 0 Å². The lowest BCUT2D eigenvalue weighted by Gasteiger charge is -2.07. The third-order valence-electron chi connectivity index (χ3n) is 2.62. The predicted octanol–water partition coefficient (Wildman–Crippen LogP) is 0.153. The first-order valence-corrected chi connectivity index (χ1v) is 6.01. The van der Waals surface area contributed by atoms with E-state index in [9.17, 15) is 9.59 Å². The van der Waals surface area contributed by atoms with E-state index in [-0.39, 0.29) is 18.9 Å². The molecule has 104 valence electrons. The number of aliphatic carboxylic acids is 1. The molecule has 0 heterocycles. The van der Waals surface area contributed by atoms with Gasteiger partial charge in [0.2, 0.25) is 5.91 Å². The highest BCUT2D eigenvalue weighted by Crippen LogP contribution is 2.08. The molecule has 0 saturated carbocycles. The molecule has 6 nitrogen and oxygen atoms in total. The van der Waals surface area contributed by atoms with Crippen molar-refractivity contribution in [3.8, 4) is 0 Å². The number of anilines is 1. The summed E-state index contributed by atoms with van der Waals surface area (Å²) in [7, 11) is 0. The van der Waals surface area contributed by atoms with Gasteiger partial charge in [-0.3, -0.25) is 4.79 Å². The minimum Gasteiger partial charge on any atom is -0.479 e. The lowest BCUT2D eigenvalue weighted by Crippen LogP contribution is -2.30. The molecule has 1 aromatic rings. The molecule has 5 N–H and O–H groups in total. The number of nitrogens with one attached hydrogen (secondary N) is 1. The van der Waals surface area contributed by atoms with Crippen LogP contribution in [0.15, 0.2) is 24.3 Å². The second kappa shape index (κ2) is 7.38. The fourth-order valence-electron chi connectivity index (χ4n) is 1.57. The van der Waals surface area contributed by atoms with E-state index < -0.39 is 12.1 Å². The number of hydrogen-bond donors (Lipinski definition) is 4. The quantitative estimate of drug-likeness (QED) is 0.525. The van der Waals surface area contributed by atoms with Crippen LogP contribution < -0.4 is 11.1 Å². The zero-order valence-electron chi connectivity index (χ0n) is 10.5. The Kier molecular flexibility index (Phi) is 5.81. The summed E-state index contributed by atoms with van der Waals surface area (Å²) in [5.74, 6) is -1.46. The summed E-state index contributed by atoms with van der Waals surface area (Å²) in [6, 6.07) is 7.29. The van der Waals surface area contributed by atoms with Crippen LogP contribution in [0.1, 0.15) is 18.4 Å². The maximum absolute atomic E-state index is 11.5. The van der Waals surface area contributed by atoms with Crippen LogP contribution in [0.4, 0.5) is 5.69 Å². The van der Waals surface area contributed by atoms with Crippen molar-refractivity contribution < 1.29 is 19.8 Å². The summed E-state index contributed by atoms with van der Waals surface area (Å²) >= 11 is 0. The Hall–Kier alpha value is -2.08. The Morgan fingerprint density at radius 3 is 2.74 bits per heavy atom. The third-order valence-corrected chi connectivity index (χ3v) is 2.62. The lowest BCUT2D eigenvalue weighted by atomic mass is 10.1. The van der Waals surface area contributed by atoms with Gasteiger partial charge in [-0.25, -0.2) is 4.79 Å². The van der Waals surface area contributed by atoms with E-state index in [0.717, 1.165) is 5.56 Å². The molecule has 1 amide bonds. The van der Waals surface area contributed by atoms with Crippen LogP contribution in [0.25, 0.3) is 0 Å². The monoisotopic (exact) mass is 266 g/mol. The highest BCUT2D eigenvalue weighted by molar-refractivity contribution is 5.76. The van der Waals surface area contributed by atoms with Crippen molar-refractivity contribution in [2.24, 2.45) is 0 Å². The molecule has 6 heteroatoms. The van der Waals surface area contributed by atoms with Crippen LogP contribution in [-0.2, 0) is 16.0 Å². The summed E-state index contributed by atoms with van der Waals surface area (Å²) in [6.45, 7) is 0.142. The van der Waals surface area contributed by atoms with Gasteiger partial charge in [0.25, 0.3) is 0 Å². The molecule has 0 fully saturated rings. The van der Waals surface area contributed by atoms with Crippen LogP contribution in [0.2, 0.25) is 0 Å². The second-order valence-corrected chi connectivity index (χ2v) is 4.24. The first kappa shape index (κ1) is 15.0. The smallest absolute Gasteiger partial charge is 0.332 e. The maximum Gasteiger partial charge on any atom is 0.332 e. The van der Waals surface area contributed by atoms with Gasteiger partial charge >= 0.3 is 5.97 Å². The summed E-state index contributed by atoms with van der Waals surface area (Å²) in [4.78, 5) is 21.8. The van der Waals surface area contributed by atoms with Gasteiger partial charge in [-0.05, 0) is 24.1 Å². The molecular weight excluding hydrogens is 248 g/mol. The Balaban J connectivity index is 2.23. The summed E-state index contributed by atoms with van der Waals surface area (Å²) in [5, 5.41) is 20.0. The molecule has 1 atom stereocenters. The topological polar surface area (TPSA) is 113 Å². The molecule has 0 spiro atoms.